The van der Waals surface area contributed by atoms with Crippen LogP contribution in [-0.2, 0) is 14.3 Å². The molecule has 6 saturated carbocycles. The van der Waals surface area contributed by atoms with Crippen LogP contribution in [-0.4, -0.2) is 75.0 Å². The van der Waals surface area contributed by atoms with E-state index in [9.17, 15) is 20.1 Å². The van der Waals surface area contributed by atoms with E-state index in [0.29, 0.717) is 18.4 Å². The molecule has 9 fully saturated rings. The molecule has 9 rings (SSSR count). The van der Waals surface area contributed by atoms with Gasteiger partial charge in [0.1, 0.15) is 11.7 Å². The van der Waals surface area contributed by atoms with Gasteiger partial charge in [-0.2, -0.15) is 0 Å². The molecular weight excluding hydrogens is 398 g/mol. The Bertz CT molecular complexity index is 922. The molecule has 0 radical (unpaired) electrons. The maximum absolute atomic E-state index is 12.6. The average Bonchev–Trinajstić information content (AvgIpc) is 3.03. The van der Waals surface area contributed by atoms with Crippen molar-refractivity contribution in [2.45, 2.75) is 88.7 Å². The Morgan fingerprint density at radius 2 is 2.03 bits per heavy atom. The molecule has 2 spiro atoms. The molecule has 9 bridgehead atoms. The third-order valence-corrected chi connectivity index (χ3v) is 10.9. The number of piperidine rings is 2. The van der Waals surface area contributed by atoms with Gasteiger partial charge < -0.3 is 24.8 Å². The van der Waals surface area contributed by atoms with Crippen LogP contribution in [0.4, 0.5) is 0 Å². The number of esters is 1. The molecule has 6 aliphatic carbocycles. The van der Waals surface area contributed by atoms with Crippen LogP contribution >= 0.6 is 0 Å². The van der Waals surface area contributed by atoms with E-state index < -0.39 is 41.4 Å². The first-order valence-electron chi connectivity index (χ1n) is 11.9. The third-order valence-electron chi connectivity index (χ3n) is 10.9. The van der Waals surface area contributed by atoms with Gasteiger partial charge in [-0.25, -0.2) is 0 Å². The SMILES string of the molecule is C=C1C[C@]23C[C@H]4[C@@H]5[C@@]6(C)C[C@H](OC(C)O)C[C@]57C(N4C6)[C@@]2(O)[C@@H](OC(C)=O)[C@H]1[C@@H](O)[C@@H]73. The molecule has 7 heteroatoms. The van der Waals surface area contributed by atoms with E-state index in [1.807, 2.05) is 0 Å². The number of hydrogen-bond donors (Lipinski definition) is 3. The zero-order chi connectivity index (χ0) is 21.9. The lowest BCUT2D eigenvalue weighted by atomic mass is 9.39. The van der Waals surface area contributed by atoms with Gasteiger partial charge in [0.2, 0.25) is 0 Å². The smallest absolute Gasteiger partial charge is 0.303 e. The Hall–Kier alpha value is -0.990. The highest BCUT2D eigenvalue weighted by Crippen LogP contribution is 2.88. The number of ether oxygens (including phenoxy) is 2. The number of hydrogen-bond acceptors (Lipinski definition) is 7. The van der Waals surface area contributed by atoms with E-state index in [1.165, 1.54) is 6.92 Å². The zero-order valence-electron chi connectivity index (χ0n) is 18.5. The van der Waals surface area contributed by atoms with Gasteiger partial charge in [0, 0.05) is 48.2 Å². The largest absolute Gasteiger partial charge is 0.459 e. The summed E-state index contributed by atoms with van der Waals surface area (Å²) in [5.74, 6) is -0.535. The maximum Gasteiger partial charge on any atom is 0.303 e. The van der Waals surface area contributed by atoms with Crippen LogP contribution in [0.15, 0.2) is 12.2 Å². The van der Waals surface area contributed by atoms with Crippen molar-refractivity contribution in [2.75, 3.05) is 6.54 Å². The van der Waals surface area contributed by atoms with Gasteiger partial charge in [0.15, 0.2) is 6.29 Å². The molecule has 170 valence electrons. The highest BCUT2D eigenvalue weighted by molar-refractivity contribution is 5.67. The fraction of sp³-hybridized carbons (Fsp3) is 0.875. The highest BCUT2D eigenvalue weighted by Gasteiger charge is 2.95. The third kappa shape index (κ3) is 1.72. The summed E-state index contributed by atoms with van der Waals surface area (Å²) in [4.78, 5) is 14.6. The number of fused-ring (bicyclic) bond motifs is 1. The van der Waals surface area contributed by atoms with Gasteiger partial charge in [-0.1, -0.05) is 19.1 Å². The topological polar surface area (TPSA) is 99.5 Å². The van der Waals surface area contributed by atoms with Gasteiger partial charge >= 0.3 is 5.97 Å². The monoisotopic (exact) mass is 431 g/mol. The second-order valence-corrected chi connectivity index (χ2v) is 12.2. The predicted molar refractivity (Wildman–Crippen MR) is 108 cm³/mol. The lowest BCUT2D eigenvalue weighted by molar-refractivity contribution is -0.285. The average molecular weight is 432 g/mol. The van der Waals surface area contributed by atoms with E-state index in [0.717, 1.165) is 31.4 Å². The molecule has 9 aliphatic rings. The van der Waals surface area contributed by atoms with Crippen LogP contribution in [0.1, 0.15) is 46.5 Å². The van der Waals surface area contributed by atoms with Crippen molar-refractivity contribution in [2.24, 2.45) is 34.0 Å². The first-order chi connectivity index (χ1) is 14.5. The van der Waals surface area contributed by atoms with Crippen molar-refractivity contribution in [1.29, 1.82) is 0 Å². The molecule has 0 aromatic carbocycles. The molecule has 3 N–H and O–H groups in total. The Labute approximate surface area is 182 Å². The Balaban J connectivity index is 1.46. The van der Waals surface area contributed by atoms with Crippen LogP contribution in [0.5, 0.6) is 0 Å². The van der Waals surface area contributed by atoms with Crippen molar-refractivity contribution in [3.8, 4) is 0 Å². The molecular formula is C24H33NO6. The summed E-state index contributed by atoms with van der Waals surface area (Å²) in [6, 6.07) is 0.228. The van der Waals surface area contributed by atoms with E-state index in [-0.39, 0.29) is 28.9 Å². The van der Waals surface area contributed by atoms with Crippen LogP contribution < -0.4 is 0 Å². The Morgan fingerprint density at radius 1 is 1.29 bits per heavy atom. The van der Waals surface area contributed by atoms with E-state index in [1.54, 1.807) is 6.92 Å². The van der Waals surface area contributed by atoms with E-state index in [2.05, 4.69) is 18.4 Å². The molecule has 3 saturated heterocycles. The van der Waals surface area contributed by atoms with Crippen molar-refractivity contribution >= 4 is 5.97 Å². The molecule has 3 aliphatic heterocycles. The fourth-order valence-electron chi connectivity index (χ4n) is 11.3. The number of carbonyl (C=O) groups is 1. The summed E-state index contributed by atoms with van der Waals surface area (Å²) < 4.78 is 11.8. The minimum absolute atomic E-state index is 0.0291. The molecule has 14 atom stereocenters. The van der Waals surface area contributed by atoms with Crippen LogP contribution in [0.25, 0.3) is 0 Å². The number of aliphatic hydroxyl groups is 3. The molecule has 7 nitrogen and oxygen atoms in total. The standard InChI is InChI=1S/C24H33NO6/c1-10-5-22-8-14-17-21(4)6-13(30-11(2)26)7-23(17)18(22)16(28)15(10)19(31-12(3)27)24(22,29)20(23)25(14)9-21/h11,13-20,26,28-29H,1,5-9H2,2-4H3/t11?,13-,14-,15+,16+,17+,18+,19-,20?,21-,22+,23-,24-/m0/s1. The first kappa shape index (κ1) is 19.5. The van der Waals surface area contributed by atoms with Crippen LogP contribution in [0.3, 0.4) is 0 Å². The summed E-state index contributed by atoms with van der Waals surface area (Å²) in [6.45, 7) is 10.5. The lowest BCUT2D eigenvalue weighted by Crippen LogP contribution is -2.77. The summed E-state index contributed by atoms with van der Waals surface area (Å²) in [5, 5.41) is 34.4. The predicted octanol–water partition coefficient (Wildman–Crippen LogP) is 0.812. The van der Waals surface area contributed by atoms with Crippen LogP contribution in [0.2, 0.25) is 0 Å². The van der Waals surface area contributed by atoms with Crippen molar-refractivity contribution in [1.82, 2.24) is 4.90 Å². The Kier molecular flexibility index (Phi) is 3.28. The zero-order valence-corrected chi connectivity index (χ0v) is 18.5. The molecule has 0 amide bonds. The number of aliphatic hydroxyl groups excluding tert-OH is 2. The first-order valence-corrected chi connectivity index (χ1v) is 11.9. The summed E-state index contributed by atoms with van der Waals surface area (Å²) >= 11 is 0. The molecule has 0 aromatic rings. The quantitative estimate of drug-likeness (QED) is 0.346. The molecule has 3 heterocycles. The highest BCUT2D eigenvalue weighted by atomic mass is 16.6. The summed E-state index contributed by atoms with van der Waals surface area (Å²) in [5.41, 5.74) is -1.06. The van der Waals surface area contributed by atoms with Crippen molar-refractivity contribution in [3.05, 3.63) is 12.2 Å². The van der Waals surface area contributed by atoms with Gasteiger partial charge in [-0.15, -0.1) is 0 Å². The molecule has 3 unspecified atom stereocenters. The number of rotatable bonds is 3. The molecule has 31 heavy (non-hydrogen) atoms. The minimum atomic E-state index is -1.19. The normalized spacial score (nSPS) is 64.8. The second kappa shape index (κ2) is 5.22. The Morgan fingerprint density at radius 3 is 2.71 bits per heavy atom. The van der Waals surface area contributed by atoms with Crippen molar-refractivity contribution < 1.29 is 29.6 Å². The summed E-state index contributed by atoms with van der Waals surface area (Å²) in [7, 11) is 0. The maximum atomic E-state index is 12.6. The second-order valence-electron chi connectivity index (χ2n) is 12.2. The van der Waals surface area contributed by atoms with E-state index in [4.69, 9.17) is 9.47 Å². The summed E-state index contributed by atoms with van der Waals surface area (Å²) in [6.07, 6.45) is 0.748. The number of carbonyl (C=O) groups excluding carboxylic acids is 1. The lowest BCUT2D eigenvalue weighted by Gasteiger charge is -2.68. The van der Waals surface area contributed by atoms with Crippen LogP contribution in [0, 0.1) is 34.0 Å². The minimum Gasteiger partial charge on any atom is -0.459 e. The van der Waals surface area contributed by atoms with Gasteiger partial charge in [-0.05, 0) is 43.9 Å². The van der Waals surface area contributed by atoms with Gasteiger partial charge in [0.25, 0.3) is 0 Å². The number of nitrogens with zero attached hydrogens (tertiary/aromatic N) is 1. The fourth-order valence-corrected chi connectivity index (χ4v) is 11.3. The van der Waals surface area contributed by atoms with Crippen molar-refractivity contribution in [3.63, 3.8) is 0 Å². The van der Waals surface area contributed by atoms with E-state index >= 15 is 0 Å². The molecule has 0 aromatic heterocycles. The van der Waals surface area contributed by atoms with Gasteiger partial charge in [-0.3, -0.25) is 9.69 Å². The van der Waals surface area contributed by atoms with Gasteiger partial charge in [0.05, 0.1) is 12.2 Å².